The first-order chi connectivity index (χ1) is 13.2. The number of hydrogen-bond donors (Lipinski definition) is 3. The van der Waals surface area contributed by atoms with Crippen molar-refractivity contribution in [3.05, 3.63) is 35.9 Å². The maximum absolute atomic E-state index is 9.70. The highest BCUT2D eigenvalue weighted by Crippen LogP contribution is 2.17. The fourth-order valence-corrected chi connectivity index (χ4v) is 3.67. The summed E-state index contributed by atoms with van der Waals surface area (Å²) in [6, 6.07) is 10.9. The molecule has 0 amide bonds. The van der Waals surface area contributed by atoms with E-state index in [0.717, 1.165) is 37.1 Å². The van der Waals surface area contributed by atoms with Crippen LogP contribution in [-0.2, 0) is 0 Å². The second kappa shape index (κ2) is 15.0. The molecule has 0 aliphatic carbocycles. The van der Waals surface area contributed by atoms with Gasteiger partial charge in [-0.15, -0.1) is 24.0 Å². The number of aliphatic imine (C=N–C) groups is 1. The monoisotopic (exact) mass is 502 g/mol. The van der Waals surface area contributed by atoms with Crippen LogP contribution in [0.3, 0.4) is 0 Å². The summed E-state index contributed by atoms with van der Waals surface area (Å²) in [7, 11) is 0. The lowest BCUT2D eigenvalue weighted by molar-refractivity contribution is 0.158. The zero-order valence-electron chi connectivity index (χ0n) is 17.6. The van der Waals surface area contributed by atoms with Gasteiger partial charge in [-0.2, -0.15) is 0 Å². The molecule has 1 aliphatic rings. The third-order valence-corrected chi connectivity index (χ3v) is 5.41. The third-order valence-electron chi connectivity index (χ3n) is 5.41. The van der Waals surface area contributed by atoms with Crippen LogP contribution in [0.1, 0.15) is 57.4 Å². The molecule has 160 valence electrons. The van der Waals surface area contributed by atoms with E-state index in [0.29, 0.717) is 6.54 Å². The molecule has 6 heteroatoms. The fourth-order valence-electron chi connectivity index (χ4n) is 3.67. The van der Waals surface area contributed by atoms with E-state index < -0.39 is 0 Å². The van der Waals surface area contributed by atoms with E-state index in [-0.39, 0.29) is 36.5 Å². The molecule has 1 saturated heterocycles. The first-order valence-corrected chi connectivity index (χ1v) is 10.7. The Kier molecular flexibility index (Phi) is 13.5. The smallest absolute Gasteiger partial charge is 0.191 e. The van der Waals surface area contributed by atoms with Gasteiger partial charge in [0.15, 0.2) is 5.96 Å². The fraction of sp³-hybridized carbons (Fsp3) is 0.682. The first-order valence-electron chi connectivity index (χ1n) is 10.7. The Hall–Kier alpha value is -0.860. The highest BCUT2D eigenvalue weighted by molar-refractivity contribution is 14.0. The number of guanidine groups is 1. The van der Waals surface area contributed by atoms with Crippen LogP contribution in [0.25, 0.3) is 0 Å². The Bertz CT molecular complexity index is 541. The largest absolute Gasteiger partial charge is 0.396 e. The van der Waals surface area contributed by atoms with Gasteiger partial charge in [0.1, 0.15) is 0 Å². The zero-order chi connectivity index (χ0) is 19.3. The Morgan fingerprint density at radius 3 is 2.68 bits per heavy atom. The zero-order valence-corrected chi connectivity index (χ0v) is 19.9. The van der Waals surface area contributed by atoms with Crippen molar-refractivity contribution in [2.45, 2.75) is 57.9 Å². The van der Waals surface area contributed by atoms with Gasteiger partial charge in [0.05, 0.1) is 13.2 Å². The number of benzene rings is 1. The second-order valence-electron chi connectivity index (χ2n) is 7.52. The standard InChI is InChI=1S/C22H38N4O.HI/c1-3-23-22(25-17-21(18-27)20-12-5-4-6-13-20)24-14-8-10-16-26-15-9-7-11-19(26)2;/h4-6,12-13,19,21,27H,3,7-11,14-18H2,1-2H3,(H2,23,24,25);1H. The minimum Gasteiger partial charge on any atom is -0.396 e. The lowest BCUT2D eigenvalue weighted by atomic mass is 10.0. The topological polar surface area (TPSA) is 59.9 Å². The molecule has 1 aromatic carbocycles. The summed E-state index contributed by atoms with van der Waals surface area (Å²) in [4.78, 5) is 7.32. The molecular weight excluding hydrogens is 463 g/mol. The molecular formula is C22H39IN4O. The van der Waals surface area contributed by atoms with E-state index in [1.54, 1.807) is 0 Å². The molecule has 1 aliphatic heterocycles. The van der Waals surface area contributed by atoms with Crippen molar-refractivity contribution in [1.82, 2.24) is 15.5 Å². The molecule has 0 bridgehead atoms. The van der Waals surface area contributed by atoms with Gasteiger partial charge < -0.3 is 20.6 Å². The van der Waals surface area contributed by atoms with Gasteiger partial charge >= 0.3 is 0 Å². The lowest BCUT2D eigenvalue weighted by Crippen LogP contribution is -2.39. The van der Waals surface area contributed by atoms with Crippen LogP contribution in [0.2, 0.25) is 0 Å². The average molecular weight is 502 g/mol. The molecule has 0 spiro atoms. The van der Waals surface area contributed by atoms with Crippen LogP contribution in [0.5, 0.6) is 0 Å². The molecule has 0 radical (unpaired) electrons. The van der Waals surface area contributed by atoms with Gasteiger partial charge in [0, 0.05) is 25.0 Å². The van der Waals surface area contributed by atoms with Crippen molar-refractivity contribution >= 4 is 29.9 Å². The van der Waals surface area contributed by atoms with Gasteiger partial charge in [-0.05, 0) is 58.2 Å². The van der Waals surface area contributed by atoms with E-state index in [9.17, 15) is 5.11 Å². The molecule has 1 aromatic rings. The van der Waals surface area contributed by atoms with Crippen LogP contribution in [0.4, 0.5) is 0 Å². The Morgan fingerprint density at radius 1 is 1.21 bits per heavy atom. The van der Waals surface area contributed by atoms with Gasteiger partial charge in [-0.25, -0.2) is 0 Å². The molecule has 2 rings (SSSR count). The average Bonchev–Trinajstić information content (AvgIpc) is 2.70. The predicted molar refractivity (Wildman–Crippen MR) is 130 cm³/mol. The number of aliphatic hydroxyl groups is 1. The minimum atomic E-state index is 0. The summed E-state index contributed by atoms with van der Waals surface area (Å²) in [5.74, 6) is 0.889. The van der Waals surface area contributed by atoms with Crippen molar-refractivity contribution in [3.63, 3.8) is 0 Å². The molecule has 2 atom stereocenters. The summed E-state index contributed by atoms with van der Waals surface area (Å²) in [6.07, 6.45) is 6.46. The quantitative estimate of drug-likeness (QED) is 0.198. The number of rotatable bonds is 10. The Balaban J connectivity index is 0.00000392. The minimum absolute atomic E-state index is 0. The number of nitrogens with zero attached hydrogens (tertiary/aromatic N) is 2. The highest BCUT2D eigenvalue weighted by atomic mass is 127. The SMILES string of the molecule is CCNC(=NCC(CO)c1ccccc1)NCCCCN1CCCCC1C.I. The van der Waals surface area contributed by atoms with Gasteiger partial charge in [-0.3, -0.25) is 4.99 Å². The Morgan fingerprint density at radius 2 is 2.00 bits per heavy atom. The summed E-state index contributed by atoms with van der Waals surface area (Å²) in [5, 5.41) is 16.4. The summed E-state index contributed by atoms with van der Waals surface area (Å²) in [5.41, 5.74) is 1.13. The van der Waals surface area contributed by atoms with E-state index in [4.69, 9.17) is 0 Å². The normalized spacial score (nSPS) is 19.0. The molecule has 2 unspecified atom stereocenters. The number of piperidine rings is 1. The first kappa shape index (κ1) is 25.2. The van der Waals surface area contributed by atoms with E-state index in [2.05, 4.69) is 46.5 Å². The van der Waals surface area contributed by atoms with Crippen molar-refractivity contribution in [1.29, 1.82) is 0 Å². The van der Waals surface area contributed by atoms with Crippen LogP contribution in [0.15, 0.2) is 35.3 Å². The number of hydrogen-bond acceptors (Lipinski definition) is 3. The second-order valence-corrected chi connectivity index (χ2v) is 7.52. The van der Waals surface area contributed by atoms with Crippen molar-refractivity contribution in [3.8, 4) is 0 Å². The molecule has 1 heterocycles. The van der Waals surface area contributed by atoms with Crippen LogP contribution in [-0.4, -0.2) is 61.3 Å². The number of unbranched alkanes of at least 4 members (excludes halogenated alkanes) is 1. The van der Waals surface area contributed by atoms with Gasteiger partial charge in [0.2, 0.25) is 0 Å². The molecule has 5 nitrogen and oxygen atoms in total. The molecule has 3 N–H and O–H groups in total. The molecule has 1 fully saturated rings. The van der Waals surface area contributed by atoms with Gasteiger partial charge in [-0.1, -0.05) is 36.8 Å². The summed E-state index contributed by atoms with van der Waals surface area (Å²) >= 11 is 0. The van der Waals surface area contributed by atoms with Crippen molar-refractivity contribution in [2.24, 2.45) is 4.99 Å². The molecule has 0 saturated carbocycles. The van der Waals surface area contributed by atoms with E-state index in [1.807, 2.05) is 18.2 Å². The summed E-state index contributed by atoms with van der Waals surface area (Å²) < 4.78 is 0. The van der Waals surface area contributed by atoms with E-state index >= 15 is 0 Å². The van der Waals surface area contributed by atoms with Crippen LogP contribution in [0, 0.1) is 0 Å². The predicted octanol–water partition coefficient (Wildman–Crippen LogP) is 3.59. The van der Waals surface area contributed by atoms with Crippen LogP contribution >= 0.6 is 24.0 Å². The highest BCUT2D eigenvalue weighted by Gasteiger charge is 2.17. The maximum Gasteiger partial charge on any atom is 0.191 e. The number of nitrogens with one attached hydrogen (secondary N) is 2. The van der Waals surface area contributed by atoms with E-state index in [1.165, 1.54) is 38.8 Å². The number of halogens is 1. The summed E-state index contributed by atoms with van der Waals surface area (Å²) in [6.45, 7) is 9.38. The van der Waals surface area contributed by atoms with Crippen LogP contribution < -0.4 is 10.6 Å². The number of aliphatic hydroxyl groups excluding tert-OH is 1. The maximum atomic E-state index is 9.70. The van der Waals surface area contributed by atoms with Crippen molar-refractivity contribution in [2.75, 3.05) is 39.3 Å². The lowest BCUT2D eigenvalue weighted by Gasteiger charge is -2.33. The van der Waals surface area contributed by atoms with Crippen molar-refractivity contribution < 1.29 is 5.11 Å². The third kappa shape index (κ3) is 9.09. The Labute approximate surface area is 188 Å². The molecule has 28 heavy (non-hydrogen) atoms. The van der Waals surface area contributed by atoms with Gasteiger partial charge in [0.25, 0.3) is 0 Å². The molecule has 0 aromatic heterocycles. The number of likely N-dealkylation sites (tertiary alicyclic amines) is 1.